The molecule has 0 amide bonds. The normalized spacial score (nSPS) is 15.1. The Morgan fingerprint density at radius 1 is 0.528 bits per heavy atom. The van der Waals surface area contributed by atoms with Crippen LogP contribution in [0.15, 0.2) is 170 Å². The average molecular weight is 1130 g/mol. The summed E-state index contributed by atoms with van der Waals surface area (Å²) in [5.74, 6) is 1.70. The minimum absolute atomic E-state index is 0. The van der Waals surface area contributed by atoms with Crippen LogP contribution in [-0.2, 0) is 37.3 Å². The first-order valence-corrected chi connectivity index (χ1v) is 23.9. The second-order valence-electron chi connectivity index (χ2n) is 20.6. The largest absolute Gasteiger partial charge is 0.509 e. The first-order chi connectivity index (χ1) is 37.8. The second-order valence-corrected chi connectivity index (χ2v) is 20.6. The van der Waals surface area contributed by atoms with E-state index in [0.29, 0.717) is 39.4 Å². The molecule has 0 N–H and O–H groups in total. The van der Waals surface area contributed by atoms with Gasteiger partial charge in [0.2, 0.25) is 0 Å². The Labute approximate surface area is 449 Å². The van der Waals surface area contributed by atoms with E-state index < -0.39 is 31.4 Å². The van der Waals surface area contributed by atoms with Gasteiger partial charge in [-0.25, -0.2) is 4.98 Å². The minimum Gasteiger partial charge on any atom is -0.509 e. The topological polar surface area (TPSA) is 48.1 Å². The molecule has 12 rings (SSSR count). The molecule has 1 aliphatic rings. The fourth-order valence-corrected chi connectivity index (χ4v) is 10.2. The summed E-state index contributed by atoms with van der Waals surface area (Å²) in [4.78, 5) is 11.9. The summed E-state index contributed by atoms with van der Waals surface area (Å²) in [6, 6.07) is 58.2. The molecule has 4 aromatic heterocycles. The number of fused-ring (bicyclic) bond motifs is 10. The van der Waals surface area contributed by atoms with Crippen molar-refractivity contribution in [3.05, 3.63) is 206 Å². The third-order valence-corrected chi connectivity index (χ3v) is 13.8. The molecule has 0 saturated carbocycles. The van der Waals surface area contributed by atoms with Crippen molar-refractivity contribution in [3.8, 4) is 28.4 Å². The second kappa shape index (κ2) is 17.4. The first-order valence-electron chi connectivity index (χ1n) is 28.4. The number of anilines is 2. The number of pyridine rings is 2. The fourth-order valence-electron chi connectivity index (χ4n) is 10.2. The van der Waals surface area contributed by atoms with Gasteiger partial charge in [0.1, 0.15) is 5.82 Å². The van der Waals surface area contributed by atoms with Crippen LogP contribution in [0.4, 0.5) is 11.4 Å². The number of aromatic nitrogens is 4. The third kappa shape index (κ3) is 7.97. The third-order valence-electron chi connectivity index (χ3n) is 13.8. The van der Waals surface area contributed by atoms with Crippen molar-refractivity contribution in [2.45, 2.75) is 78.3 Å². The Balaban J connectivity index is 0.00000690. The van der Waals surface area contributed by atoms with E-state index in [4.69, 9.17) is 27.0 Å². The summed E-state index contributed by atoms with van der Waals surface area (Å²) in [7, 11) is 0. The molecule has 5 heterocycles. The predicted octanol–water partition coefficient (Wildman–Crippen LogP) is 17.2. The van der Waals surface area contributed by atoms with Crippen LogP contribution in [0.1, 0.15) is 91.1 Å². The van der Waals surface area contributed by atoms with Crippen molar-refractivity contribution < 1.29 is 38.1 Å². The van der Waals surface area contributed by atoms with Gasteiger partial charge >= 0.3 is 0 Å². The van der Waals surface area contributed by atoms with Gasteiger partial charge in [-0.05, 0) is 119 Å². The van der Waals surface area contributed by atoms with Gasteiger partial charge in [0.25, 0.3) is 0 Å². The zero-order chi connectivity index (χ0) is 56.5. The molecule has 0 fully saturated rings. The van der Waals surface area contributed by atoms with Gasteiger partial charge in [0.05, 0.1) is 5.52 Å². The molecule has 0 bridgehead atoms. The molecule has 7 heteroatoms. The van der Waals surface area contributed by atoms with Crippen LogP contribution >= 0.6 is 0 Å². The molecule has 6 nitrogen and oxygen atoms in total. The summed E-state index contributed by atoms with van der Waals surface area (Å²) in [5, 5.41) is 6.33. The molecule has 0 spiro atoms. The zero-order valence-electron chi connectivity index (χ0n) is 49.7. The monoisotopic (exact) mass is 1130 g/mol. The number of hydrogen-bond acceptors (Lipinski definition) is 4. The number of hydrogen-bond donors (Lipinski definition) is 0. The van der Waals surface area contributed by atoms with Crippen molar-refractivity contribution in [1.82, 2.24) is 19.1 Å². The molecule has 7 aromatic carbocycles. The van der Waals surface area contributed by atoms with E-state index in [1.165, 1.54) is 12.1 Å². The van der Waals surface area contributed by atoms with Gasteiger partial charge in [0, 0.05) is 73.9 Å². The number of nitrogens with zero attached hydrogens (tertiary/aromatic N) is 5. The Hall–Kier alpha value is -7.40. The Bertz CT molecular complexity index is 4350. The van der Waals surface area contributed by atoms with E-state index in [1.807, 2.05) is 142 Å². The number of rotatable bonds is 5. The van der Waals surface area contributed by atoms with E-state index in [0.717, 1.165) is 76.8 Å². The van der Waals surface area contributed by atoms with E-state index in [1.54, 1.807) is 6.20 Å². The maximum atomic E-state index is 8.78. The van der Waals surface area contributed by atoms with Crippen LogP contribution in [0.3, 0.4) is 0 Å². The van der Waals surface area contributed by atoms with Crippen LogP contribution in [0.5, 0.6) is 11.5 Å². The van der Waals surface area contributed by atoms with Gasteiger partial charge in [-0.2, -0.15) is 12.1 Å². The van der Waals surface area contributed by atoms with Crippen LogP contribution in [-0.4, -0.2) is 19.1 Å². The summed E-state index contributed by atoms with van der Waals surface area (Å²) < 4.78 is 90.0. The van der Waals surface area contributed by atoms with Crippen molar-refractivity contribution in [1.29, 1.82) is 0 Å². The van der Waals surface area contributed by atoms with Gasteiger partial charge in [-0.3, -0.25) is 4.98 Å². The number of ether oxygens (including phenoxy) is 1. The average Bonchev–Trinajstić information content (AvgIpc) is 4.19. The summed E-state index contributed by atoms with van der Waals surface area (Å²) in [5.41, 5.74) is 3.91. The smallest absolute Gasteiger partial charge is 0.135 e. The molecule has 360 valence electrons. The summed E-state index contributed by atoms with van der Waals surface area (Å²) in [6.45, 7) is 3.91. The minimum atomic E-state index is -3.48. The molecule has 72 heavy (non-hydrogen) atoms. The summed E-state index contributed by atoms with van der Waals surface area (Å²) in [6.07, 6.45) is 3.64. The van der Waals surface area contributed by atoms with Crippen LogP contribution < -0.4 is 9.64 Å². The molecule has 0 aliphatic carbocycles. The number of benzene rings is 7. The van der Waals surface area contributed by atoms with Gasteiger partial charge in [-0.1, -0.05) is 170 Å². The SMILES string of the molecule is [2H]C([2H])([2H])C(c1cc(-c2cccc3c4ccccc4c4ncccc4c4cccc5c4n(c23)[CH-]N5c2[c-]c(Oc3[c-]c4c(cc3)c3ccccc3n4-c3cc(C(C)(C)C)ccn3)ccc2)cc(C(C)(C)C)c1)(C([2H])([2H])[2H])C([2H])([2H])[2H].[Pt]. The van der Waals surface area contributed by atoms with Crippen LogP contribution in [0.2, 0.25) is 0 Å². The quantitative estimate of drug-likeness (QED) is 0.161. The maximum Gasteiger partial charge on any atom is 0.135 e. The first kappa shape index (κ1) is 37.4. The Kier molecular flexibility index (Phi) is 9.05. The Morgan fingerprint density at radius 2 is 1.18 bits per heavy atom. The van der Waals surface area contributed by atoms with Crippen molar-refractivity contribution >= 4 is 76.7 Å². The van der Waals surface area contributed by atoms with Crippen LogP contribution in [0, 0.1) is 18.8 Å². The van der Waals surface area contributed by atoms with Crippen molar-refractivity contribution in [3.63, 3.8) is 0 Å². The molecule has 0 unspecified atom stereocenters. The molecular formula is C65H56N5OPt-3. The van der Waals surface area contributed by atoms with Gasteiger partial charge < -0.3 is 18.8 Å². The van der Waals surface area contributed by atoms with Gasteiger partial charge in [-0.15, -0.1) is 35.7 Å². The van der Waals surface area contributed by atoms with Gasteiger partial charge in [0.15, 0.2) is 0 Å². The van der Waals surface area contributed by atoms with E-state index in [9.17, 15) is 0 Å². The van der Waals surface area contributed by atoms with E-state index >= 15 is 0 Å². The zero-order valence-corrected chi connectivity index (χ0v) is 43.0. The molecule has 0 radical (unpaired) electrons. The van der Waals surface area contributed by atoms with Crippen molar-refractivity contribution in [2.24, 2.45) is 0 Å². The molecule has 11 aromatic rings. The van der Waals surface area contributed by atoms with E-state index in [2.05, 4.69) is 84.5 Å². The maximum absolute atomic E-state index is 8.78. The van der Waals surface area contributed by atoms with Crippen molar-refractivity contribution in [2.75, 3.05) is 4.90 Å². The van der Waals surface area contributed by atoms with E-state index in [-0.39, 0.29) is 32.0 Å². The fraction of sp³-hybridized carbons (Fsp3) is 0.185. The molecule has 0 saturated heterocycles. The standard InChI is InChI=1S/C65H56N5O.Pt/c1-63(2,3)42-31-33-66-59(37-42)70-56-27-13-12-21-50(56)51-30-29-47(39-58(51)70)71-46-19-14-18-45(38-46)68-40-69-61-48(41-34-43(64(4,5)6)36-44(35-41)65(7,8)9)23-15-24-54(61)49-20-10-11-22-52(49)60-53(26-17-32-67-60)55-25-16-28-57(68)62(55)69;/h10-37,40H,1-9H3;/q-3;/i4D3,5D3,6D3;. The molecule has 1 aliphatic heterocycles. The molecular weight excluding hydrogens is 1060 g/mol. The predicted molar refractivity (Wildman–Crippen MR) is 296 cm³/mol. The number of para-hydroxylation sites is 3. The van der Waals surface area contributed by atoms with Crippen LogP contribution in [0.25, 0.3) is 82.2 Å². The summed E-state index contributed by atoms with van der Waals surface area (Å²) >= 11 is 0. The Morgan fingerprint density at radius 3 is 1.96 bits per heavy atom. The molecule has 0 atom stereocenters.